The zero-order chi connectivity index (χ0) is 17.1. The highest BCUT2D eigenvalue weighted by Crippen LogP contribution is 2.30. The molecule has 24 heavy (non-hydrogen) atoms. The smallest absolute Gasteiger partial charge is 0.246 e. The van der Waals surface area contributed by atoms with Crippen LogP contribution in [-0.4, -0.2) is 29.2 Å². The summed E-state index contributed by atoms with van der Waals surface area (Å²) in [4.78, 5) is 18.6. The van der Waals surface area contributed by atoms with Crippen LogP contribution in [0.15, 0.2) is 28.8 Å². The topological polar surface area (TPSA) is 80.5 Å². The number of nitrogens with one attached hydrogen (secondary N) is 1. The van der Waals surface area contributed by atoms with Gasteiger partial charge in [0.25, 0.3) is 0 Å². The first-order valence-corrected chi connectivity index (χ1v) is 8.17. The zero-order valence-electron chi connectivity index (χ0n) is 14.2. The highest BCUT2D eigenvalue weighted by Gasteiger charge is 2.26. The molecule has 0 unspecified atom stereocenters. The summed E-state index contributed by atoms with van der Waals surface area (Å²) < 4.78 is 10.8. The molecule has 0 aliphatic carbocycles. The molecule has 0 saturated carbocycles. The van der Waals surface area contributed by atoms with E-state index in [9.17, 15) is 4.79 Å². The standard InChI is InChI=1S/C17H22N4O3/c1-4-23-12(3)16-19-15(24-20-16)10-21-9-11(2)17(22)18-13-7-5-6-8-14(13)21/h5-8,11-12H,4,9-10H2,1-3H3,(H,18,22)/t11-,12+/m1/s1. The number of aromatic nitrogens is 2. The van der Waals surface area contributed by atoms with Crippen molar-refractivity contribution < 1.29 is 14.1 Å². The maximum atomic E-state index is 12.1. The van der Waals surface area contributed by atoms with Crippen molar-refractivity contribution in [1.29, 1.82) is 0 Å². The number of hydrogen-bond donors (Lipinski definition) is 1. The molecule has 1 aliphatic rings. The highest BCUT2D eigenvalue weighted by molar-refractivity contribution is 5.97. The van der Waals surface area contributed by atoms with E-state index in [1.807, 2.05) is 45.0 Å². The van der Waals surface area contributed by atoms with E-state index in [0.29, 0.717) is 31.4 Å². The van der Waals surface area contributed by atoms with E-state index in [1.54, 1.807) is 0 Å². The summed E-state index contributed by atoms with van der Waals surface area (Å²) in [7, 11) is 0. The van der Waals surface area contributed by atoms with Gasteiger partial charge in [0.05, 0.1) is 23.8 Å². The highest BCUT2D eigenvalue weighted by atomic mass is 16.5. The molecule has 0 spiro atoms. The Morgan fingerprint density at radius 2 is 2.25 bits per heavy atom. The molecule has 0 radical (unpaired) electrons. The van der Waals surface area contributed by atoms with Crippen LogP contribution in [0.1, 0.15) is 38.6 Å². The van der Waals surface area contributed by atoms with E-state index >= 15 is 0 Å². The molecular formula is C17H22N4O3. The summed E-state index contributed by atoms with van der Waals surface area (Å²) in [6.07, 6.45) is -0.203. The monoisotopic (exact) mass is 330 g/mol. The summed E-state index contributed by atoms with van der Waals surface area (Å²) >= 11 is 0. The predicted molar refractivity (Wildman–Crippen MR) is 89.6 cm³/mol. The largest absolute Gasteiger partial charge is 0.371 e. The van der Waals surface area contributed by atoms with E-state index in [1.165, 1.54) is 0 Å². The minimum Gasteiger partial charge on any atom is -0.371 e. The fourth-order valence-corrected chi connectivity index (χ4v) is 2.76. The van der Waals surface area contributed by atoms with Crippen LogP contribution in [0.4, 0.5) is 11.4 Å². The molecule has 0 fully saturated rings. The van der Waals surface area contributed by atoms with Gasteiger partial charge < -0.3 is 19.5 Å². The van der Waals surface area contributed by atoms with Crippen LogP contribution in [-0.2, 0) is 16.1 Å². The van der Waals surface area contributed by atoms with Crippen molar-refractivity contribution in [3.63, 3.8) is 0 Å². The molecule has 2 aromatic rings. The van der Waals surface area contributed by atoms with Crippen molar-refractivity contribution in [2.24, 2.45) is 5.92 Å². The van der Waals surface area contributed by atoms with Crippen molar-refractivity contribution in [2.75, 3.05) is 23.4 Å². The first-order valence-electron chi connectivity index (χ1n) is 8.17. The number of para-hydroxylation sites is 2. The molecule has 2 heterocycles. The van der Waals surface area contributed by atoms with Gasteiger partial charge in [0.1, 0.15) is 6.10 Å². The van der Waals surface area contributed by atoms with Crippen LogP contribution >= 0.6 is 0 Å². The Bertz CT molecular complexity index is 715. The van der Waals surface area contributed by atoms with Crippen LogP contribution in [0.3, 0.4) is 0 Å². The van der Waals surface area contributed by atoms with Gasteiger partial charge in [-0.15, -0.1) is 0 Å². The third kappa shape index (κ3) is 3.41. The molecule has 1 aromatic carbocycles. The molecule has 0 bridgehead atoms. The van der Waals surface area contributed by atoms with Gasteiger partial charge in [0, 0.05) is 13.2 Å². The summed E-state index contributed by atoms with van der Waals surface area (Å²) in [6.45, 7) is 7.35. The number of nitrogens with zero attached hydrogens (tertiary/aromatic N) is 3. The van der Waals surface area contributed by atoms with Crippen LogP contribution in [0.5, 0.6) is 0 Å². The average molecular weight is 330 g/mol. The molecule has 7 heteroatoms. The molecule has 1 aromatic heterocycles. The third-order valence-electron chi connectivity index (χ3n) is 4.03. The van der Waals surface area contributed by atoms with E-state index in [0.717, 1.165) is 11.4 Å². The number of hydrogen-bond acceptors (Lipinski definition) is 6. The number of amides is 1. The lowest BCUT2D eigenvalue weighted by Crippen LogP contribution is -2.30. The second kappa shape index (κ2) is 7.00. The SMILES string of the molecule is CCO[C@@H](C)c1noc(CN2C[C@@H](C)C(=O)Nc3ccccc32)n1. The normalized spacial score (nSPS) is 18.7. The van der Waals surface area contributed by atoms with Gasteiger partial charge in [-0.3, -0.25) is 4.79 Å². The lowest BCUT2D eigenvalue weighted by atomic mass is 10.1. The number of rotatable bonds is 5. The Kier molecular flexibility index (Phi) is 4.80. The Balaban J connectivity index is 1.82. The fourth-order valence-electron chi connectivity index (χ4n) is 2.76. The molecular weight excluding hydrogens is 308 g/mol. The molecule has 0 saturated heterocycles. The predicted octanol–water partition coefficient (Wildman–Crippen LogP) is 2.76. The summed E-state index contributed by atoms with van der Waals surface area (Å²) in [6, 6.07) is 7.73. The number of ether oxygens (including phenoxy) is 1. The van der Waals surface area contributed by atoms with Crippen LogP contribution in [0.2, 0.25) is 0 Å². The van der Waals surface area contributed by atoms with E-state index < -0.39 is 0 Å². The molecule has 7 nitrogen and oxygen atoms in total. The average Bonchev–Trinajstić information content (AvgIpc) is 2.99. The number of carbonyl (C=O) groups excluding carboxylic acids is 1. The summed E-state index contributed by atoms with van der Waals surface area (Å²) in [5, 5.41) is 6.95. The van der Waals surface area contributed by atoms with Gasteiger partial charge >= 0.3 is 0 Å². The molecule has 1 N–H and O–H groups in total. The Hall–Kier alpha value is -2.41. The Labute approximate surface area is 141 Å². The fraction of sp³-hybridized carbons (Fsp3) is 0.471. The lowest BCUT2D eigenvalue weighted by Gasteiger charge is -2.23. The maximum absolute atomic E-state index is 12.1. The first kappa shape index (κ1) is 16.4. The van der Waals surface area contributed by atoms with Crippen LogP contribution < -0.4 is 10.2 Å². The number of carbonyl (C=O) groups is 1. The minimum atomic E-state index is -0.203. The van der Waals surface area contributed by atoms with Gasteiger partial charge in [-0.1, -0.05) is 24.2 Å². The molecule has 1 amide bonds. The van der Waals surface area contributed by atoms with Crippen molar-refractivity contribution in [3.8, 4) is 0 Å². The second-order valence-electron chi connectivity index (χ2n) is 5.93. The van der Waals surface area contributed by atoms with E-state index in [-0.39, 0.29) is 17.9 Å². The third-order valence-corrected chi connectivity index (χ3v) is 4.03. The number of fused-ring (bicyclic) bond motifs is 1. The minimum absolute atomic E-state index is 0.0149. The molecule has 3 rings (SSSR count). The first-order chi connectivity index (χ1) is 11.6. The van der Waals surface area contributed by atoms with Gasteiger partial charge in [-0.05, 0) is 26.0 Å². The summed E-state index contributed by atoms with van der Waals surface area (Å²) in [5.74, 6) is 0.924. The molecule has 1 aliphatic heterocycles. The lowest BCUT2D eigenvalue weighted by molar-refractivity contribution is -0.119. The summed E-state index contributed by atoms with van der Waals surface area (Å²) in [5.41, 5.74) is 1.75. The van der Waals surface area contributed by atoms with Crippen molar-refractivity contribution in [2.45, 2.75) is 33.4 Å². The number of anilines is 2. The molecule has 128 valence electrons. The van der Waals surface area contributed by atoms with Crippen LogP contribution in [0, 0.1) is 5.92 Å². The Morgan fingerprint density at radius 1 is 1.46 bits per heavy atom. The van der Waals surface area contributed by atoms with Gasteiger partial charge in [-0.2, -0.15) is 4.98 Å². The van der Waals surface area contributed by atoms with Crippen LogP contribution in [0.25, 0.3) is 0 Å². The van der Waals surface area contributed by atoms with Gasteiger partial charge in [-0.25, -0.2) is 0 Å². The zero-order valence-corrected chi connectivity index (χ0v) is 14.2. The van der Waals surface area contributed by atoms with Gasteiger partial charge in [0.15, 0.2) is 5.82 Å². The van der Waals surface area contributed by atoms with Crippen molar-refractivity contribution >= 4 is 17.3 Å². The van der Waals surface area contributed by atoms with E-state index in [2.05, 4.69) is 20.4 Å². The van der Waals surface area contributed by atoms with Crippen molar-refractivity contribution in [3.05, 3.63) is 36.0 Å². The Morgan fingerprint density at radius 3 is 3.04 bits per heavy atom. The van der Waals surface area contributed by atoms with E-state index in [4.69, 9.17) is 9.26 Å². The quantitative estimate of drug-likeness (QED) is 0.908. The molecule has 2 atom stereocenters. The second-order valence-corrected chi connectivity index (χ2v) is 5.93. The maximum Gasteiger partial charge on any atom is 0.246 e. The number of benzene rings is 1. The van der Waals surface area contributed by atoms with Gasteiger partial charge in [0.2, 0.25) is 11.8 Å². The van der Waals surface area contributed by atoms with Crippen molar-refractivity contribution in [1.82, 2.24) is 10.1 Å².